The molecular formula is C32H62N3. The van der Waals surface area contributed by atoms with Crippen LogP contribution in [-0.4, -0.2) is 73.6 Å². The smallest absolute Gasteiger partial charge is 0.0110 e. The van der Waals surface area contributed by atoms with Crippen LogP contribution in [0.15, 0.2) is 24.3 Å². The van der Waals surface area contributed by atoms with E-state index in [0.717, 1.165) is 6.54 Å². The third-order valence-electron chi connectivity index (χ3n) is 7.49. The second kappa shape index (κ2) is 25.0. The summed E-state index contributed by atoms with van der Waals surface area (Å²) < 4.78 is 0. The van der Waals surface area contributed by atoms with Crippen LogP contribution in [0.1, 0.15) is 117 Å². The third kappa shape index (κ3) is 20.1. The molecule has 0 aromatic rings. The quantitative estimate of drug-likeness (QED) is 0.100. The monoisotopic (exact) mass is 488 g/mol. The third-order valence-corrected chi connectivity index (χ3v) is 7.49. The molecule has 1 fully saturated rings. The van der Waals surface area contributed by atoms with E-state index in [4.69, 9.17) is 0 Å². The summed E-state index contributed by atoms with van der Waals surface area (Å²) in [6.45, 7) is 19.5. The van der Waals surface area contributed by atoms with Crippen molar-refractivity contribution in [2.45, 2.75) is 117 Å². The van der Waals surface area contributed by atoms with Gasteiger partial charge >= 0.3 is 0 Å². The normalized spacial score (nSPS) is 15.9. The Morgan fingerprint density at radius 2 is 0.971 bits per heavy atom. The summed E-state index contributed by atoms with van der Waals surface area (Å²) in [5.41, 5.74) is 0. The molecule has 0 bridgehead atoms. The zero-order valence-electron chi connectivity index (χ0n) is 24.0. The van der Waals surface area contributed by atoms with Crippen LogP contribution >= 0.6 is 0 Å². The van der Waals surface area contributed by atoms with Gasteiger partial charge in [-0.25, -0.2) is 0 Å². The molecule has 0 N–H and O–H groups in total. The summed E-state index contributed by atoms with van der Waals surface area (Å²) in [5.74, 6) is 0. The van der Waals surface area contributed by atoms with Gasteiger partial charge < -0.3 is 9.80 Å². The van der Waals surface area contributed by atoms with Crippen molar-refractivity contribution >= 4 is 0 Å². The van der Waals surface area contributed by atoms with E-state index in [1.165, 1.54) is 155 Å². The van der Waals surface area contributed by atoms with Crippen molar-refractivity contribution in [3.05, 3.63) is 31.2 Å². The maximum atomic E-state index is 4.05. The van der Waals surface area contributed by atoms with Gasteiger partial charge in [-0.2, -0.15) is 0 Å². The highest BCUT2D eigenvalue weighted by Crippen LogP contribution is 2.09. The van der Waals surface area contributed by atoms with Crippen molar-refractivity contribution < 1.29 is 0 Å². The lowest BCUT2D eigenvalue weighted by Gasteiger charge is -2.35. The van der Waals surface area contributed by atoms with Gasteiger partial charge in [0.2, 0.25) is 0 Å². The number of rotatable bonds is 24. The van der Waals surface area contributed by atoms with E-state index in [1.807, 2.05) is 0 Å². The summed E-state index contributed by atoms with van der Waals surface area (Å²) in [6.07, 6.45) is 31.1. The van der Waals surface area contributed by atoms with Gasteiger partial charge in [0, 0.05) is 39.3 Å². The van der Waals surface area contributed by atoms with E-state index in [-0.39, 0.29) is 0 Å². The van der Waals surface area contributed by atoms with E-state index in [1.54, 1.807) is 0 Å². The van der Waals surface area contributed by atoms with Crippen molar-refractivity contribution in [3.63, 3.8) is 0 Å². The molecule has 0 amide bonds. The number of hydrogen-bond acceptors (Lipinski definition) is 3. The summed E-state index contributed by atoms with van der Waals surface area (Å²) in [6, 6.07) is 0. The van der Waals surface area contributed by atoms with Crippen LogP contribution in [0.5, 0.6) is 0 Å². The van der Waals surface area contributed by atoms with Gasteiger partial charge in [-0.05, 0) is 90.8 Å². The molecule has 0 saturated carbocycles. The Hall–Kier alpha value is -0.640. The van der Waals surface area contributed by atoms with Gasteiger partial charge in [-0.1, -0.05) is 76.7 Å². The SMILES string of the molecule is [CH2]CN1CCN(CCN(CCCCC/C=C\CCCCC)CCCCC/C=C\CCCCC)CC1. The number of hydrogen-bond donors (Lipinski definition) is 0. The standard InChI is InChI=1S/C32H62N3/c1-4-7-9-11-13-15-17-19-21-23-25-34(31-32-35-29-27-33(6-3)28-30-35)26-24-22-20-18-16-14-12-10-8-5-2/h13-16H,3-12,17-32H2,1-2H3/b15-13-,16-14-. The van der Waals surface area contributed by atoms with Gasteiger partial charge in [0.05, 0.1) is 0 Å². The number of unbranched alkanes of at least 4 members (excludes halogenated alkanes) is 12. The first-order chi connectivity index (χ1) is 17.3. The maximum Gasteiger partial charge on any atom is 0.0110 e. The molecule has 35 heavy (non-hydrogen) atoms. The van der Waals surface area contributed by atoms with E-state index >= 15 is 0 Å². The Kier molecular flexibility index (Phi) is 23.2. The topological polar surface area (TPSA) is 9.72 Å². The van der Waals surface area contributed by atoms with Crippen molar-refractivity contribution in [2.75, 3.05) is 58.9 Å². The fourth-order valence-corrected chi connectivity index (χ4v) is 4.90. The summed E-state index contributed by atoms with van der Waals surface area (Å²) in [5, 5.41) is 0. The fraction of sp³-hybridized carbons (Fsp3) is 0.844. The lowest BCUT2D eigenvalue weighted by atomic mass is 10.1. The van der Waals surface area contributed by atoms with Gasteiger partial charge in [0.15, 0.2) is 0 Å². The highest BCUT2D eigenvalue weighted by atomic mass is 15.3. The first kappa shape index (κ1) is 32.4. The number of piperazine rings is 1. The minimum absolute atomic E-state index is 0.960. The molecule has 1 heterocycles. The Morgan fingerprint density at radius 3 is 1.40 bits per heavy atom. The molecule has 0 aliphatic carbocycles. The molecular weight excluding hydrogens is 426 g/mol. The van der Waals surface area contributed by atoms with Crippen LogP contribution < -0.4 is 0 Å². The summed E-state index contributed by atoms with van der Waals surface area (Å²) in [4.78, 5) is 7.92. The number of allylic oxidation sites excluding steroid dienone is 4. The molecule has 1 aliphatic heterocycles. The predicted octanol–water partition coefficient (Wildman–Crippen LogP) is 8.13. The molecule has 1 saturated heterocycles. The second-order valence-corrected chi connectivity index (χ2v) is 10.7. The minimum Gasteiger partial charge on any atom is -0.302 e. The Morgan fingerprint density at radius 1 is 0.543 bits per heavy atom. The zero-order chi connectivity index (χ0) is 25.2. The van der Waals surface area contributed by atoms with Gasteiger partial charge in [-0.15, -0.1) is 0 Å². The minimum atomic E-state index is 0.960. The molecule has 3 heteroatoms. The highest BCUT2D eigenvalue weighted by Gasteiger charge is 2.16. The van der Waals surface area contributed by atoms with Crippen LogP contribution in [0.25, 0.3) is 0 Å². The van der Waals surface area contributed by atoms with E-state index < -0.39 is 0 Å². The average Bonchev–Trinajstić information content (AvgIpc) is 2.89. The second-order valence-electron chi connectivity index (χ2n) is 10.7. The molecule has 0 aromatic carbocycles. The van der Waals surface area contributed by atoms with Crippen LogP contribution in [0.4, 0.5) is 0 Å². The predicted molar refractivity (Wildman–Crippen MR) is 158 cm³/mol. The Balaban J connectivity index is 2.21. The fourth-order valence-electron chi connectivity index (χ4n) is 4.90. The molecule has 1 rings (SSSR count). The van der Waals surface area contributed by atoms with Crippen LogP contribution in [-0.2, 0) is 0 Å². The summed E-state index contributed by atoms with van der Waals surface area (Å²) >= 11 is 0. The molecule has 0 unspecified atom stereocenters. The molecule has 0 atom stereocenters. The molecule has 0 aromatic heterocycles. The zero-order valence-corrected chi connectivity index (χ0v) is 24.0. The lowest BCUT2D eigenvalue weighted by molar-refractivity contribution is 0.124. The molecule has 3 nitrogen and oxygen atoms in total. The lowest BCUT2D eigenvalue weighted by Crippen LogP contribution is -2.48. The van der Waals surface area contributed by atoms with E-state index in [9.17, 15) is 0 Å². The average molecular weight is 489 g/mol. The van der Waals surface area contributed by atoms with Gasteiger partial charge in [0.25, 0.3) is 0 Å². The number of nitrogens with zero attached hydrogens (tertiary/aromatic N) is 3. The first-order valence-corrected chi connectivity index (χ1v) is 15.6. The van der Waals surface area contributed by atoms with Gasteiger partial charge in [0.1, 0.15) is 0 Å². The molecule has 1 radical (unpaired) electrons. The van der Waals surface area contributed by atoms with E-state index in [0.29, 0.717) is 0 Å². The maximum absolute atomic E-state index is 4.05. The van der Waals surface area contributed by atoms with Crippen LogP contribution in [0.3, 0.4) is 0 Å². The van der Waals surface area contributed by atoms with Crippen LogP contribution in [0.2, 0.25) is 0 Å². The van der Waals surface area contributed by atoms with Crippen LogP contribution in [0, 0.1) is 6.92 Å². The van der Waals surface area contributed by atoms with Gasteiger partial charge in [-0.3, -0.25) is 4.90 Å². The van der Waals surface area contributed by atoms with Crippen molar-refractivity contribution in [3.8, 4) is 0 Å². The van der Waals surface area contributed by atoms with E-state index in [2.05, 4.69) is 59.8 Å². The van der Waals surface area contributed by atoms with Crippen molar-refractivity contribution in [2.24, 2.45) is 0 Å². The largest absolute Gasteiger partial charge is 0.302 e. The first-order valence-electron chi connectivity index (χ1n) is 15.6. The highest BCUT2D eigenvalue weighted by molar-refractivity contribution is 4.82. The molecule has 1 aliphatic rings. The Labute approximate surface area is 221 Å². The Bertz CT molecular complexity index is 449. The molecule has 0 spiro atoms. The van der Waals surface area contributed by atoms with Crippen molar-refractivity contribution in [1.82, 2.24) is 14.7 Å². The van der Waals surface area contributed by atoms with Crippen molar-refractivity contribution in [1.29, 1.82) is 0 Å². The summed E-state index contributed by atoms with van der Waals surface area (Å²) in [7, 11) is 0. The molecule has 205 valence electrons.